The molecule has 0 spiro atoms. The number of halogens is 1. The topological polar surface area (TPSA) is 69.5 Å². The molecule has 1 aromatic heterocycles. The highest BCUT2D eigenvalue weighted by molar-refractivity contribution is 6.50. The summed E-state index contributed by atoms with van der Waals surface area (Å²) < 4.78 is 0. The second-order valence-electron chi connectivity index (χ2n) is 4.66. The van der Waals surface area contributed by atoms with E-state index in [0.29, 0.717) is 27.3 Å². The molecule has 0 bridgehead atoms. The van der Waals surface area contributed by atoms with Gasteiger partial charge in [-0.05, 0) is 35.9 Å². The third-order valence-electron chi connectivity index (χ3n) is 3.15. The van der Waals surface area contributed by atoms with Crippen LogP contribution in [-0.4, -0.2) is 9.97 Å². The van der Waals surface area contributed by atoms with Crippen LogP contribution in [0, 0.1) is 11.3 Å². The Kier molecular flexibility index (Phi) is 3.73. The van der Waals surface area contributed by atoms with Gasteiger partial charge in [0.15, 0.2) is 5.82 Å². The number of benzene rings is 2. The molecular formula is C17H10ClN3O. The van der Waals surface area contributed by atoms with Gasteiger partial charge in [-0.3, -0.25) is 4.79 Å². The molecule has 3 rings (SSSR count). The van der Waals surface area contributed by atoms with Crippen LogP contribution in [0.4, 0.5) is 0 Å². The molecule has 5 heteroatoms. The Morgan fingerprint density at radius 2 is 2.05 bits per heavy atom. The minimum atomic E-state index is -0.238. The van der Waals surface area contributed by atoms with Crippen molar-refractivity contribution in [3.63, 3.8) is 0 Å². The first kappa shape index (κ1) is 14.1. The number of nitriles is 1. The molecule has 0 aliphatic heterocycles. The first-order chi connectivity index (χ1) is 10.7. The highest BCUT2D eigenvalue weighted by Crippen LogP contribution is 2.20. The smallest absolute Gasteiger partial charge is 0.259 e. The SMILES string of the molecule is N#Cc1cccc(/C=C(\Cl)c2nc3ccccc3c(=O)[nH]2)c1. The van der Waals surface area contributed by atoms with Crippen LogP contribution >= 0.6 is 11.6 Å². The summed E-state index contributed by atoms with van der Waals surface area (Å²) in [6.07, 6.45) is 1.66. The second kappa shape index (κ2) is 5.84. The van der Waals surface area contributed by atoms with Gasteiger partial charge < -0.3 is 4.98 Å². The van der Waals surface area contributed by atoms with Crippen molar-refractivity contribution in [2.45, 2.75) is 0 Å². The van der Waals surface area contributed by atoms with Crippen LogP contribution in [0.2, 0.25) is 0 Å². The van der Waals surface area contributed by atoms with Crippen LogP contribution in [0.25, 0.3) is 22.0 Å². The van der Waals surface area contributed by atoms with E-state index in [1.807, 2.05) is 12.1 Å². The van der Waals surface area contributed by atoms with Crippen molar-refractivity contribution in [3.05, 3.63) is 75.8 Å². The molecule has 4 nitrogen and oxygen atoms in total. The highest BCUT2D eigenvalue weighted by Gasteiger charge is 2.06. The zero-order chi connectivity index (χ0) is 15.5. The maximum atomic E-state index is 12.0. The van der Waals surface area contributed by atoms with E-state index in [0.717, 1.165) is 5.56 Å². The van der Waals surface area contributed by atoms with E-state index in [1.165, 1.54) is 0 Å². The van der Waals surface area contributed by atoms with Crippen LogP contribution in [0.5, 0.6) is 0 Å². The molecule has 2 aromatic carbocycles. The third-order valence-corrected chi connectivity index (χ3v) is 3.44. The molecule has 0 aliphatic carbocycles. The van der Waals surface area contributed by atoms with Crippen LogP contribution in [0.15, 0.2) is 53.3 Å². The number of H-pyrrole nitrogens is 1. The molecule has 0 unspecified atom stereocenters. The average Bonchev–Trinajstić information content (AvgIpc) is 2.55. The molecule has 0 saturated carbocycles. The van der Waals surface area contributed by atoms with E-state index < -0.39 is 0 Å². The summed E-state index contributed by atoms with van der Waals surface area (Å²) in [6.45, 7) is 0. The first-order valence-corrected chi connectivity index (χ1v) is 6.92. The van der Waals surface area contributed by atoms with Crippen LogP contribution < -0.4 is 5.56 Å². The minimum absolute atomic E-state index is 0.238. The fraction of sp³-hybridized carbons (Fsp3) is 0. The van der Waals surface area contributed by atoms with Crippen molar-refractivity contribution in [3.8, 4) is 6.07 Å². The Labute approximate surface area is 131 Å². The van der Waals surface area contributed by atoms with E-state index in [2.05, 4.69) is 16.0 Å². The number of rotatable bonds is 2. The fourth-order valence-electron chi connectivity index (χ4n) is 2.11. The Morgan fingerprint density at radius 1 is 1.23 bits per heavy atom. The van der Waals surface area contributed by atoms with E-state index in [9.17, 15) is 4.79 Å². The standard InChI is InChI=1S/C17H10ClN3O/c18-14(9-11-4-3-5-12(8-11)10-19)16-20-15-7-2-1-6-13(15)17(22)21-16/h1-9H,(H,20,21,22)/b14-9-. The number of hydrogen-bond donors (Lipinski definition) is 1. The summed E-state index contributed by atoms with van der Waals surface area (Å²) in [5, 5.41) is 9.72. The zero-order valence-electron chi connectivity index (χ0n) is 11.4. The van der Waals surface area contributed by atoms with Gasteiger partial charge in [-0.15, -0.1) is 0 Å². The van der Waals surface area contributed by atoms with Gasteiger partial charge in [0.1, 0.15) is 0 Å². The highest BCUT2D eigenvalue weighted by atomic mass is 35.5. The number of hydrogen-bond acceptors (Lipinski definition) is 3. The Bertz CT molecular complexity index is 983. The van der Waals surface area contributed by atoms with Gasteiger partial charge in [0.25, 0.3) is 5.56 Å². The lowest BCUT2D eigenvalue weighted by atomic mass is 10.1. The molecular weight excluding hydrogens is 298 g/mol. The van der Waals surface area contributed by atoms with Gasteiger partial charge in [-0.25, -0.2) is 4.98 Å². The number of aromatic amines is 1. The van der Waals surface area contributed by atoms with Gasteiger partial charge in [0.2, 0.25) is 0 Å². The van der Waals surface area contributed by atoms with Crippen molar-refractivity contribution in [1.29, 1.82) is 5.26 Å². The van der Waals surface area contributed by atoms with E-state index in [1.54, 1.807) is 42.5 Å². The molecule has 0 atom stereocenters. The fourth-order valence-corrected chi connectivity index (χ4v) is 2.33. The molecule has 106 valence electrons. The number of nitrogens with one attached hydrogen (secondary N) is 1. The minimum Gasteiger partial charge on any atom is -0.305 e. The summed E-state index contributed by atoms with van der Waals surface area (Å²) in [4.78, 5) is 19.1. The monoisotopic (exact) mass is 307 g/mol. The summed E-state index contributed by atoms with van der Waals surface area (Å²) in [7, 11) is 0. The summed E-state index contributed by atoms with van der Waals surface area (Å²) in [6, 6.07) is 16.1. The first-order valence-electron chi connectivity index (χ1n) is 6.54. The summed E-state index contributed by atoms with van der Waals surface area (Å²) >= 11 is 6.25. The molecule has 0 fully saturated rings. The number of aromatic nitrogens is 2. The van der Waals surface area contributed by atoms with Crippen molar-refractivity contribution in [1.82, 2.24) is 9.97 Å². The quantitative estimate of drug-likeness (QED) is 0.787. The molecule has 0 radical (unpaired) electrons. The molecule has 0 amide bonds. The maximum absolute atomic E-state index is 12.0. The van der Waals surface area contributed by atoms with Crippen molar-refractivity contribution in [2.75, 3.05) is 0 Å². The third kappa shape index (κ3) is 2.76. The number of fused-ring (bicyclic) bond motifs is 1. The van der Waals surface area contributed by atoms with Crippen LogP contribution in [0.3, 0.4) is 0 Å². The van der Waals surface area contributed by atoms with Crippen molar-refractivity contribution in [2.24, 2.45) is 0 Å². The van der Waals surface area contributed by atoms with E-state index in [4.69, 9.17) is 16.9 Å². The van der Waals surface area contributed by atoms with E-state index in [-0.39, 0.29) is 5.56 Å². The van der Waals surface area contributed by atoms with Gasteiger partial charge >= 0.3 is 0 Å². The normalized spacial score (nSPS) is 11.4. The number of nitrogens with zero attached hydrogens (tertiary/aromatic N) is 2. The molecule has 0 aliphatic rings. The van der Waals surface area contributed by atoms with Gasteiger partial charge in [0, 0.05) is 0 Å². The lowest BCUT2D eigenvalue weighted by Gasteiger charge is -2.02. The molecule has 1 heterocycles. The molecule has 0 saturated heterocycles. The number of para-hydroxylation sites is 1. The lowest BCUT2D eigenvalue weighted by Crippen LogP contribution is -2.10. The summed E-state index contributed by atoms with van der Waals surface area (Å²) in [5.74, 6) is 0.299. The van der Waals surface area contributed by atoms with Gasteiger partial charge in [0.05, 0.1) is 27.6 Å². The summed E-state index contributed by atoms with van der Waals surface area (Å²) in [5.41, 5.74) is 1.65. The van der Waals surface area contributed by atoms with E-state index >= 15 is 0 Å². The Balaban J connectivity index is 2.08. The largest absolute Gasteiger partial charge is 0.305 e. The zero-order valence-corrected chi connectivity index (χ0v) is 12.1. The predicted octanol–water partition coefficient (Wildman–Crippen LogP) is 3.53. The van der Waals surface area contributed by atoms with Crippen LogP contribution in [-0.2, 0) is 0 Å². The molecule has 1 N–H and O–H groups in total. The Hall–Kier alpha value is -2.90. The van der Waals surface area contributed by atoms with Crippen LogP contribution in [0.1, 0.15) is 17.0 Å². The van der Waals surface area contributed by atoms with Gasteiger partial charge in [-0.1, -0.05) is 35.9 Å². The van der Waals surface area contributed by atoms with Crippen molar-refractivity contribution < 1.29 is 0 Å². The van der Waals surface area contributed by atoms with Gasteiger partial charge in [-0.2, -0.15) is 5.26 Å². The molecule has 22 heavy (non-hydrogen) atoms. The average molecular weight is 308 g/mol. The molecule has 3 aromatic rings. The Morgan fingerprint density at radius 3 is 2.86 bits per heavy atom. The predicted molar refractivity (Wildman–Crippen MR) is 87.2 cm³/mol. The maximum Gasteiger partial charge on any atom is 0.259 e. The lowest BCUT2D eigenvalue weighted by molar-refractivity contribution is 1.14. The second-order valence-corrected chi connectivity index (χ2v) is 5.07. The van der Waals surface area contributed by atoms with Crippen molar-refractivity contribution >= 4 is 33.6 Å².